The molecule has 1 fully saturated rings. The van der Waals surface area contributed by atoms with E-state index in [2.05, 4.69) is 9.88 Å². The molecule has 162 valence electrons. The van der Waals surface area contributed by atoms with Gasteiger partial charge in [0.25, 0.3) is 5.91 Å². The van der Waals surface area contributed by atoms with Gasteiger partial charge in [0.2, 0.25) is 0 Å². The van der Waals surface area contributed by atoms with E-state index in [1.54, 1.807) is 19.1 Å². The van der Waals surface area contributed by atoms with Gasteiger partial charge in [-0.2, -0.15) is 0 Å². The number of rotatable bonds is 5. The van der Waals surface area contributed by atoms with Crippen LogP contribution in [0.4, 0.5) is 0 Å². The Labute approximate surface area is 181 Å². The molecule has 1 amide bonds. The Balaban J connectivity index is 1.38. The number of hydrogen-bond donors (Lipinski definition) is 0. The summed E-state index contributed by atoms with van der Waals surface area (Å²) in [5, 5.41) is 0.804. The standard InChI is InChI=1S/C24H27N3O4/c1-17-14-23(28)31-22-5-4-20(15-21(17)22)30-18(2)24(29)27-11-3-10-26(12-13-27)16-19-6-8-25-9-7-19/h4-9,14-15,18H,3,10-13,16H2,1-2H3. The molecule has 0 N–H and O–H groups in total. The molecular weight excluding hydrogens is 394 g/mol. The van der Waals surface area contributed by atoms with Crippen molar-refractivity contribution in [2.75, 3.05) is 26.2 Å². The summed E-state index contributed by atoms with van der Waals surface area (Å²) in [7, 11) is 0. The Bertz CT molecular complexity index is 1110. The molecule has 7 nitrogen and oxygen atoms in total. The third-order valence-electron chi connectivity index (χ3n) is 5.64. The molecule has 1 saturated heterocycles. The van der Waals surface area contributed by atoms with E-state index in [9.17, 15) is 9.59 Å². The Morgan fingerprint density at radius 2 is 1.94 bits per heavy atom. The average molecular weight is 421 g/mol. The first kappa shape index (κ1) is 21.1. The van der Waals surface area contributed by atoms with Crippen LogP contribution >= 0.6 is 0 Å². The number of hydrogen-bond acceptors (Lipinski definition) is 6. The first-order valence-corrected chi connectivity index (χ1v) is 10.6. The molecule has 0 saturated carbocycles. The predicted molar refractivity (Wildman–Crippen MR) is 118 cm³/mol. The highest BCUT2D eigenvalue weighted by atomic mass is 16.5. The van der Waals surface area contributed by atoms with Crippen LogP contribution < -0.4 is 10.4 Å². The fourth-order valence-corrected chi connectivity index (χ4v) is 3.98. The molecule has 0 radical (unpaired) electrons. The number of carbonyl (C=O) groups excluding carboxylic acids is 1. The number of benzene rings is 1. The van der Waals surface area contributed by atoms with Gasteiger partial charge in [-0.3, -0.25) is 14.7 Å². The largest absolute Gasteiger partial charge is 0.481 e. The second-order valence-corrected chi connectivity index (χ2v) is 7.98. The lowest BCUT2D eigenvalue weighted by Gasteiger charge is -2.25. The molecule has 1 unspecified atom stereocenters. The Hall–Kier alpha value is -3.19. The number of carbonyl (C=O) groups is 1. The minimum atomic E-state index is -0.597. The summed E-state index contributed by atoms with van der Waals surface area (Å²) in [6, 6.07) is 10.8. The summed E-state index contributed by atoms with van der Waals surface area (Å²) < 4.78 is 11.2. The monoisotopic (exact) mass is 421 g/mol. The van der Waals surface area contributed by atoms with E-state index in [1.807, 2.05) is 42.4 Å². The van der Waals surface area contributed by atoms with Crippen LogP contribution in [0.5, 0.6) is 5.75 Å². The molecule has 1 aliphatic heterocycles. The van der Waals surface area contributed by atoms with Gasteiger partial charge >= 0.3 is 5.63 Å². The topological polar surface area (TPSA) is 75.9 Å². The molecule has 0 spiro atoms. The third kappa shape index (κ3) is 5.11. The van der Waals surface area contributed by atoms with Gasteiger partial charge in [-0.25, -0.2) is 4.79 Å². The van der Waals surface area contributed by atoms with E-state index in [4.69, 9.17) is 9.15 Å². The summed E-state index contributed by atoms with van der Waals surface area (Å²) >= 11 is 0. The van der Waals surface area contributed by atoms with Gasteiger partial charge < -0.3 is 14.1 Å². The fraction of sp³-hybridized carbons (Fsp3) is 0.375. The number of aromatic nitrogens is 1. The fourth-order valence-electron chi connectivity index (χ4n) is 3.98. The summed E-state index contributed by atoms with van der Waals surface area (Å²) in [5.41, 5.74) is 2.19. The van der Waals surface area contributed by atoms with Crippen molar-refractivity contribution in [1.29, 1.82) is 0 Å². The lowest BCUT2D eigenvalue weighted by atomic mass is 10.1. The van der Waals surface area contributed by atoms with Crippen LogP contribution in [0.1, 0.15) is 24.5 Å². The van der Waals surface area contributed by atoms with Crippen LogP contribution in [-0.2, 0) is 11.3 Å². The van der Waals surface area contributed by atoms with Gasteiger partial charge in [-0.05, 0) is 61.7 Å². The van der Waals surface area contributed by atoms with Crippen LogP contribution in [0.3, 0.4) is 0 Å². The SMILES string of the molecule is Cc1cc(=O)oc2ccc(OC(C)C(=O)N3CCCN(Cc4ccncc4)CC3)cc12. The van der Waals surface area contributed by atoms with E-state index in [1.165, 1.54) is 11.6 Å². The molecule has 0 aliphatic carbocycles. The first-order chi connectivity index (χ1) is 15.0. The van der Waals surface area contributed by atoms with Crippen molar-refractivity contribution in [2.45, 2.75) is 32.9 Å². The molecule has 7 heteroatoms. The number of aryl methyl sites for hydroxylation is 1. The van der Waals surface area contributed by atoms with E-state index < -0.39 is 6.10 Å². The summed E-state index contributed by atoms with van der Waals surface area (Å²) in [4.78, 5) is 32.9. The van der Waals surface area contributed by atoms with Crippen LogP contribution in [-0.4, -0.2) is 53.0 Å². The van der Waals surface area contributed by atoms with E-state index in [-0.39, 0.29) is 11.5 Å². The smallest absolute Gasteiger partial charge is 0.336 e. The highest BCUT2D eigenvalue weighted by molar-refractivity contribution is 5.83. The molecule has 1 aromatic carbocycles. The highest BCUT2D eigenvalue weighted by Crippen LogP contribution is 2.23. The van der Waals surface area contributed by atoms with Gasteiger partial charge in [0.05, 0.1) is 0 Å². The van der Waals surface area contributed by atoms with Crippen molar-refractivity contribution in [2.24, 2.45) is 0 Å². The molecular formula is C24H27N3O4. The number of pyridine rings is 1. The zero-order chi connectivity index (χ0) is 21.8. The zero-order valence-electron chi connectivity index (χ0n) is 17.9. The number of nitrogens with zero attached hydrogens (tertiary/aromatic N) is 3. The van der Waals surface area contributed by atoms with Crippen molar-refractivity contribution in [3.63, 3.8) is 0 Å². The van der Waals surface area contributed by atoms with Crippen LogP contribution in [0.2, 0.25) is 0 Å². The van der Waals surface area contributed by atoms with Crippen molar-refractivity contribution < 1.29 is 13.9 Å². The lowest BCUT2D eigenvalue weighted by Crippen LogP contribution is -2.42. The van der Waals surface area contributed by atoms with E-state index in [0.717, 1.165) is 43.5 Å². The maximum Gasteiger partial charge on any atom is 0.336 e. The lowest BCUT2D eigenvalue weighted by molar-refractivity contribution is -0.137. The minimum Gasteiger partial charge on any atom is -0.481 e. The third-order valence-corrected chi connectivity index (χ3v) is 5.64. The molecule has 3 aromatic rings. The molecule has 2 aromatic heterocycles. The van der Waals surface area contributed by atoms with Gasteiger partial charge in [0, 0.05) is 56.6 Å². The number of ether oxygens (including phenoxy) is 1. The predicted octanol–water partition coefficient (Wildman–Crippen LogP) is 3.00. The first-order valence-electron chi connectivity index (χ1n) is 10.6. The molecule has 3 heterocycles. The number of fused-ring (bicyclic) bond motifs is 1. The van der Waals surface area contributed by atoms with Gasteiger partial charge in [-0.1, -0.05) is 0 Å². The zero-order valence-corrected chi connectivity index (χ0v) is 17.9. The Morgan fingerprint density at radius 3 is 2.74 bits per heavy atom. The highest BCUT2D eigenvalue weighted by Gasteiger charge is 2.25. The van der Waals surface area contributed by atoms with Crippen LogP contribution in [0.25, 0.3) is 11.0 Å². The summed E-state index contributed by atoms with van der Waals surface area (Å²) in [5.74, 6) is 0.571. The van der Waals surface area contributed by atoms with E-state index in [0.29, 0.717) is 17.9 Å². The molecule has 0 bridgehead atoms. The number of amides is 1. The summed E-state index contributed by atoms with van der Waals surface area (Å²) in [6.45, 7) is 7.69. The molecule has 31 heavy (non-hydrogen) atoms. The van der Waals surface area contributed by atoms with Gasteiger partial charge in [-0.15, -0.1) is 0 Å². The van der Waals surface area contributed by atoms with Crippen LogP contribution in [0.15, 0.2) is 58.0 Å². The maximum atomic E-state index is 13.0. The second-order valence-electron chi connectivity index (χ2n) is 7.98. The van der Waals surface area contributed by atoms with Crippen molar-refractivity contribution >= 4 is 16.9 Å². The molecule has 4 rings (SSSR count). The van der Waals surface area contributed by atoms with Crippen molar-refractivity contribution in [1.82, 2.24) is 14.8 Å². The maximum absolute atomic E-state index is 13.0. The second kappa shape index (κ2) is 9.31. The Kier molecular flexibility index (Phi) is 6.32. The summed E-state index contributed by atoms with van der Waals surface area (Å²) in [6.07, 6.45) is 3.95. The van der Waals surface area contributed by atoms with Crippen molar-refractivity contribution in [3.8, 4) is 5.75 Å². The van der Waals surface area contributed by atoms with E-state index >= 15 is 0 Å². The Morgan fingerprint density at radius 1 is 1.13 bits per heavy atom. The molecule has 1 aliphatic rings. The molecule has 1 atom stereocenters. The van der Waals surface area contributed by atoms with Crippen molar-refractivity contribution in [3.05, 3.63) is 70.3 Å². The normalized spacial score (nSPS) is 16.1. The quantitative estimate of drug-likeness (QED) is 0.590. The minimum absolute atomic E-state index is 0.0119. The van der Waals surface area contributed by atoms with Gasteiger partial charge in [0.1, 0.15) is 11.3 Å². The van der Waals surface area contributed by atoms with Crippen LogP contribution in [0, 0.1) is 6.92 Å². The average Bonchev–Trinajstić information content (AvgIpc) is 3.00. The van der Waals surface area contributed by atoms with Gasteiger partial charge in [0.15, 0.2) is 6.10 Å².